The van der Waals surface area contributed by atoms with Gasteiger partial charge in [-0.25, -0.2) is 0 Å². The third-order valence-electron chi connectivity index (χ3n) is 4.21. The van der Waals surface area contributed by atoms with Crippen molar-refractivity contribution in [1.29, 1.82) is 0 Å². The fourth-order valence-corrected chi connectivity index (χ4v) is 4.43. The molecule has 0 bridgehead atoms. The van der Waals surface area contributed by atoms with E-state index in [1.54, 1.807) is 7.11 Å². The van der Waals surface area contributed by atoms with Crippen LogP contribution in [-0.4, -0.2) is 36.7 Å². The maximum absolute atomic E-state index is 5.05. The Hall–Kier alpha value is -0.220. The number of hydrogen-bond donors (Lipinski definition) is 1. The standard InChI is InChI=1S/C15H28N2OS/c1-13-7-6-8-15(11-13)12-19-14(17-15)16-9-4-3-5-10-18-2/h13H,3-12H2,1-2H3,(H,16,17). The summed E-state index contributed by atoms with van der Waals surface area (Å²) in [6.07, 6.45) is 8.99. The van der Waals surface area contributed by atoms with Gasteiger partial charge < -0.3 is 10.1 Å². The van der Waals surface area contributed by atoms with Crippen molar-refractivity contribution in [3.63, 3.8) is 0 Å². The summed E-state index contributed by atoms with van der Waals surface area (Å²) in [4.78, 5) is 4.72. The lowest BCUT2D eigenvalue weighted by atomic mass is 9.78. The molecule has 0 aromatic rings. The molecule has 2 rings (SSSR count). The van der Waals surface area contributed by atoms with Crippen molar-refractivity contribution >= 4 is 16.9 Å². The number of ether oxygens (including phenoxy) is 1. The summed E-state index contributed by atoms with van der Waals surface area (Å²) in [5.41, 5.74) is 0.372. The lowest BCUT2D eigenvalue weighted by Crippen LogP contribution is -2.47. The number of unbranched alkanes of at least 4 members (excludes halogenated alkanes) is 2. The smallest absolute Gasteiger partial charge is 0.157 e. The van der Waals surface area contributed by atoms with E-state index in [0.717, 1.165) is 25.5 Å². The molecule has 4 heteroatoms. The molecule has 1 aliphatic carbocycles. The summed E-state index contributed by atoms with van der Waals surface area (Å²) < 4.78 is 5.05. The van der Waals surface area contributed by atoms with Gasteiger partial charge in [-0.1, -0.05) is 31.5 Å². The highest BCUT2D eigenvalue weighted by Gasteiger charge is 2.40. The van der Waals surface area contributed by atoms with Gasteiger partial charge in [-0.2, -0.15) is 0 Å². The van der Waals surface area contributed by atoms with Gasteiger partial charge in [-0.3, -0.25) is 4.99 Å². The van der Waals surface area contributed by atoms with Crippen LogP contribution in [0.25, 0.3) is 0 Å². The number of nitrogens with zero attached hydrogens (tertiary/aromatic N) is 1. The van der Waals surface area contributed by atoms with Gasteiger partial charge in [0.05, 0.1) is 0 Å². The first-order chi connectivity index (χ1) is 9.24. The first-order valence-corrected chi connectivity index (χ1v) is 8.67. The van der Waals surface area contributed by atoms with E-state index in [1.165, 1.54) is 49.4 Å². The monoisotopic (exact) mass is 284 g/mol. The summed E-state index contributed by atoms with van der Waals surface area (Å²) in [5.74, 6) is 2.09. The molecule has 1 spiro atoms. The topological polar surface area (TPSA) is 33.6 Å². The van der Waals surface area contributed by atoms with Crippen LogP contribution in [0.1, 0.15) is 51.9 Å². The molecule has 0 aromatic carbocycles. The molecule has 2 fully saturated rings. The number of thioether (sulfide) groups is 1. The van der Waals surface area contributed by atoms with Crippen LogP contribution >= 0.6 is 11.8 Å². The first-order valence-electron chi connectivity index (χ1n) is 7.68. The van der Waals surface area contributed by atoms with Crippen molar-refractivity contribution in [3.8, 4) is 0 Å². The van der Waals surface area contributed by atoms with Crippen molar-refractivity contribution in [1.82, 2.24) is 5.32 Å². The molecule has 1 heterocycles. The quantitative estimate of drug-likeness (QED) is 0.759. The second kappa shape index (κ2) is 7.53. The maximum atomic E-state index is 5.05. The Labute approximate surface area is 122 Å². The van der Waals surface area contributed by atoms with Crippen LogP contribution in [0.15, 0.2) is 4.99 Å². The molecule has 0 radical (unpaired) electrons. The Balaban J connectivity index is 1.69. The fourth-order valence-electron chi connectivity index (χ4n) is 3.21. The average molecular weight is 284 g/mol. The third kappa shape index (κ3) is 4.67. The molecular weight excluding hydrogens is 256 g/mol. The van der Waals surface area contributed by atoms with Crippen molar-refractivity contribution in [3.05, 3.63) is 0 Å². The summed E-state index contributed by atoms with van der Waals surface area (Å²) in [7, 11) is 1.77. The predicted octanol–water partition coefficient (Wildman–Crippen LogP) is 3.44. The molecule has 1 aliphatic heterocycles. The maximum Gasteiger partial charge on any atom is 0.157 e. The molecule has 1 N–H and O–H groups in total. The van der Waals surface area contributed by atoms with E-state index in [4.69, 9.17) is 9.73 Å². The van der Waals surface area contributed by atoms with E-state index >= 15 is 0 Å². The minimum absolute atomic E-state index is 0.372. The number of amidine groups is 1. The minimum Gasteiger partial charge on any atom is -0.385 e. The molecule has 0 aromatic heterocycles. The number of hydrogen-bond acceptors (Lipinski definition) is 3. The Kier molecular flexibility index (Phi) is 6.02. The normalized spacial score (nSPS) is 32.9. The van der Waals surface area contributed by atoms with Gasteiger partial charge in [0.15, 0.2) is 5.17 Å². The molecule has 19 heavy (non-hydrogen) atoms. The molecule has 2 aliphatic rings. The van der Waals surface area contributed by atoms with Gasteiger partial charge in [0.1, 0.15) is 0 Å². The molecule has 2 atom stereocenters. The number of aliphatic imine (C=N–C) groups is 1. The lowest BCUT2D eigenvalue weighted by Gasteiger charge is -2.36. The van der Waals surface area contributed by atoms with Gasteiger partial charge >= 0.3 is 0 Å². The Morgan fingerprint density at radius 3 is 3.11 bits per heavy atom. The zero-order valence-corrected chi connectivity index (χ0v) is 13.2. The first kappa shape index (κ1) is 15.2. The molecule has 1 saturated carbocycles. The number of nitrogens with one attached hydrogen (secondary N) is 1. The van der Waals surface area contributed by atoms with Crippen LogP contribution < -0.4 is 5.32 Å². The highest BCUT2D eigenvalue weighted by Crippen LogP contribution is 2.38. The third-order valence-corrected chi connectivity index (χ3v) is 5.41. The minimum atomic E-state index is 0.372. The van der Waals surface area contributed by atoms with E-state index in [0.29, 0.717) is 5.54 Å². The van der Waals surface area contributed by atoms with E-state index in [2.05, 4.69) is 12.2 Å². The zero-order chi connectivity index (χ0) is 13.6. The Morgan fingerprint density at radius 1 is 1.42 bits per heavy atom. The molecule has 1 saturated heterocycles. The van der Waals surface area contributed by atoms with Gasteiger partial charge in [0, 0.05) is 31.6 Å². The van der Waals surface area contributed by atoms with Crippen LogP contribution in [0.2, 0.25) is 0 Å². The van der Waals surface area contributed by atoms with E-state index in [9.17, 15) is 0 Å². The van der Waals surface area contributed by atoms with Crippen LogP contribution in [-0.2, 0) is 4.74 Å². The molecule has 3 nitrogen and oxygen atoms in total. The van der Waals surface area contributed by atoms with Crippen LogP contribution in [0, 0.1) is 5.92 Å². The van der Waals surface area contributed by atoms with Crippen LogP contribution in [0.3, 0.4) is 0 Å². The molecule has 110 valence electrons. The van der Waals surface area contributed by atoms with Crippen molar-refractivity contribution in [2.75, 3.05) is 26.0 Å². The SMILES string of the molecule is COCCCCCN=C1NC2(CCCC(C)C2)CS1. The van der Waals surface area contributed by atoms with E-state index in [-0.39, 0.29) is 0 Å². The van der Waals surface area contributed by atoms with Crippen LogP contribution in [0.4, 0.5) is 0 Å². The molecular formula is C15H28N2OS. The van der Waals surface area contributed by atoms with Crippen molar-refractivity contribution in [2.24, 2.45) is 10.9 Å². The van der Waals surface area contributed by atoms with Gasteiger partial charge in [0.25, 0.3) is 0 Å². The average Bonchev–Trinajstić information content (AvgIpc) is 2.76. The van der Waals surface area contributed by atoms with Crippen molar-refractivity contribution in [2.45, 2.75) is 57.4 Å². The zero-order valence-electron chi connectivity index (χ0n) is 12.4. The predicted molar refractivity (Wildman–Crippen MR) is 84.0 cm³/mol. The van der Waals surface area contributed by atoms with E-state index < -0.39 is 0 Å². The summed E-state index contributed by atoms with van der Waals surface area (Å²) in [5, 5.41) is 4.92. The van der Waals surface area contributed by atoms with Gasteiger partial charge in [-0.15, -0.1) is 0 Å². The highest BCUT2D eigenvalue weighted by molar-refractivity contribution is 8.14. The number of rotatable bonds is 6. The Morgan fingerprint density at radius 2 is 2.32 bits per heavy atom. The molecule has 2 unspecified atom stereocenters. The molecule has 0 amide bonds. The lowest BCUT2D eigenvalue weighted by molar-refractivity contribution is 0.192. The summed E-state index contributed by atoms with van der Waals surface area (Å²) in [6.45, 7) is 4.23. The second-order valence-electron chi connectivity index (χ2n) is 6.14. The van der Waals surface area contributed by atoms with Gasteiger partial charge in [-0.05, 0) is 38.0 Å². The van der Waals surface area contributed by atoms with Gasteiger partial charge in [0.2, 0.25) is 0 Å². The van der Waals surface area contributed by atoms with Crippen LogP contribution in [0.5, 0.6) is 0 Å². The summed E-state index contributed by atoms with van der Waals surface area (Å²) >= 11 is 1.93. The fraction of sp³-hybridized carbons (Fsp3) is 0.933. The highest BCUT2D eigenvalue weighted by atomic mass is 32.2. The second-order valence-corrected chi connectivity index (χ2v) is 7.10. The van der Waals surface area contributed by atoms with Crippen molar-refractivity contribution < 1.29 is 4.74 Å². The largest absolute Gasteiger partial charge is 0.385 e. The Bertz CT molecular complexity index is 309. The number of methoxy groups -OCH3 is 1. The van der Waals surface area contributed by atoms with E-state index in [1.807, 2.05) is 11.8 Å². The summed E-state index contributed by atoms with van der Waals surface area (Å²) in [6, 6.07) is 0.